The number of hydrogen-bond donors (Lipinski definition) is 1. The van der Waals surface area contributed by atoms with Gasteiger partial charge in [0.15, 0.2) is 5.89 Å². The minimum absolute atomic E-state index is 0.00137. The van der Waals surface area contributed by atoms with Crippen LogP contribution in [0.3, 0.4) is 0 Å². The SMILES string of the molecule is CC(=O)N[C@H](C)C1CCN(C(=O)c2oc(CC3CC3)nc2C)CC1. The van der Waals surface area contributed by atoms with Gasteiger partial charge in [-0.1, -0.05) is 0 Å². The van der Waals surface area contributed by atoms with Crippen molar-refractivity contribution < 1.29 is 14.0 Å². The van der Waals surface area contributed by atoms with E-state index >= 15 is 0 Å². The molecule has 1 N–H and O–H groups in total. The van der Waals surface area contributed by atoms with Crippen molar-refractivity contribution in [2.45, 2.75) is 58.9 Å². The minimum atomic E-state index is -0.0484. The van der Waals surface area contributed by atoms with Crippen LogP contribution in [0.4, 0.5) is 0 Å². The molecule has 0 spiro atoms. The molecule has 0 aromatic carbocycles. The summed E-state index contributed by atoms with van der Waals surface area (Å²) in [5, 5.41) is 2.95. The lowest BCUT2D eigenvalue weighted by atomic mass is 9.90. The molecule has 24 heavy (non-hydrogen) atoms. The molecule has 1 aliphatic carbocycles. The summed E-state index contributed by atoms with van der Waals surface area (Å²) in [6, 6.07) is 0.150. The molecule has 3 rings (SSSR count). The van der Waals surface area contributed by atoms with E-state index in [0.717, 1.165) is 19.3 Å². The van der Waals surface area contributed by atoms with Crippen LogP contribution in [0.25, 0.3) is 0 Å². The Bertz CT molecular complexity index is 613. The van der Waals surface area contributed by atoms with E-state index in [-0.39, 0.29) is 17.9 Å². The highest BCUT2D eigenvalue weighted by Crippen LogP contribution is 2.33. The number of oxazole rings is 1. The monoisotopic (exact) mass is 333 g/mol. The van der Waals surface area contributed by atoms with Gasteiger partial charge in [0.2, 0.25) is 11.7 Å². The van der Waals surface area contributed by atoms with Crippen molar-refractivity contribution >= 4 is 11.8 Å². The summed E-state index contributed by atoms with van der Waals surface area (Å²) in [7, 11) is 0. The van der Waals surface area contributed by atoms with Crippen molar-refractivity contribution in [3.8, 4) is 0 Å². The van der Waals surface area contributed by atoms with Gasteiger partial charge >= 0.3 is 0 Å². The zero-order valence-corrected chi connectivity index (χ0v) is 14.8. The Hall–Kier alpha value is -1.85. The zero-order chi connectivity index (χ0) is 17.3. The third-order valence-corrected chi connectivity index (χ3v) is 5.16. The highest BCUT2D eigenvalue weighted by atomic mass is 16.4. The van der Waals surface area contributed by atoms with Crippen LogP contribution in [0.2, 0.25) is 0 Å². The Morgan fingerprint density at radius 1 is 1.29 bits per heavy atom. The summed E-state index contributed by atoms with van der Waals surface area (Å²) >= 11 is 0. The number of nitrogens with zero attached hydrogens (tertiary/aromatic N) is 2. The van der Waals surface area contributed by atoms with Crippen LogP contribution >= 0.6 is 0 Å². The van der Waals surface area contributed by atoms with Crippen molar-refractivity contribution in [1.82, 2.24) is 15.2 Å². The number of aromatic nitrogens is 1. The van der Waals surface area contributed by atoms with E-state index in [4.69, 9.17) is 4.42 Å². The number of piperidine rings is 1. The van der Waals surface area contributed by atoms with Crippen molar-refractivity contribution in [2.75, 3.05) is 13.1 Å². The van der Waals surface area contributed by atoms with Gasteiger partial charge < -0.3 is 14.6 Å². The molecule has 0 radical (unpaired) electrons. The van der Waals surface area contributed by atoms with Crippen molar-refractivity contribution in [3.63, 3.8) is 0 Å². The second kappa shape index (κ2) is 6.95. The molecule has 1 saturated carbocycles. The molecule has 2 heterocycles. The molecule has 132 valence electrons. The fraction of sp³-hybridized carbons (Fsp3) is 0.722. The maximum atomic E-state index is 12.7. The molecule has 6 heteroatoms. The summed E-state index contributed by atoms with van der Waals surface area (Å²) in [5.41, 5.74) is 0.699. The number of carbonyl (C=O) groups excluding carboxylic acids is 2. The van der Waals surface area contributed by atoms with Gasteiger partial charge in [-0.3, -0.25) is 9.59 Å². The van der Waals surface area contributed by atoms with Gasteiger partial charge in [-0.05, 0) is 51.4 Å². The lowest BCUT2D eigenvalue weighted by Crippen LogP contribution is -2.45. The van der Waals surface area contributed by atoms with E-state index in [0.29, 0.717) is 42.3 Å². The van der Waals surface area contributed by atoms with Crippen LogP contribution in [0.15, 0.2) is 4.42 Å². The van der Waals surface area contributed by atoms with E-state index in [1.165, 1.54) is 12.8 Å². The summed E-state index contributed by atoms with van der Waals surface area (Å²) in [5.74, 6) is 2.16. The number of aryl methyl sites for hydroxylation is 1. The average Bonchev–Trinajstić information content (AvgIpc) is 3.27. The molecular formula is C18H27N3O3. The van der Waals surface area contributed by atoms with Gasteiger partial charge in [0.1, 0.15) is 0 Å². The minimum Gasteiger partial charge on any atom is -0.435 e. The molecule has 6 nitrogen and oxygen atoms in total. The predicted octanol–water partition coefficient (Wildman–Crippen LogP) is 2.31. The third kappa shape index (κ3) is 3.97. The van der Waals surface area contributed by atoms with Crippen molar-refractivity contribution in [3.05, 3.63) is 17.3 Å². The number of carbonyl (C=O) groups is 2. The molecule has 1 aromatic rings. The van der Waals surface area contributed by atoms with Crippen LogP contribution in [-0.4, -0.2) is 40.8 Å². The molecule has 1 aromatic heterocycles. The van der Waals surface area contributed by atoms with Gasteiger partial charge in [-0.2, -0.15) is 0 Å². The number of nitrogens with one attached hydrogen (secondary N) is 1. The molecule has 2 amide bonds. The van der Waals surface area contributed by atoms with Crippen LogP contribution in [0, 0.1) is 18.8 Å². The molecular weight excluding hydrogens is 306 g/mol. The lowest BCUT2D eigenvalue weighted by molar-refractivity contribution is -0.120. The second-order valence-corrected chi connectivity index (χ2v) is 7.29. The largest absolute Gasteiger partial charge is 0.435 e. The Labute approximate surface area is 143 Å². The Kier molecular flexibility index (Phi) is 4.92. The summed E-state index contributed by atoms with van der Waals surface area (Å²) in [6.45, 7) is 6.82. The molecule has 1 saturated heterocycles. The number of amides is 2. The maximum Gasteiger partial charge on any atom is 0.291 e. The smallest absolute Gasteiger partial charge is 0.291 e. The van der Waals surface area contributed by atoms with Crippen LogP contribution in [0.1, 0.15) is 61.7 Å². The second-order valence-electron chi connectivity index (χ2n) is 7.29. The van der Waals surface area contributed by atoms with Crippen molar-refractivity contribution in [1.29, 1.82) is 0 Å². The van der Waals surface area contributed by atoms with E-state index < -0.39 is 0 Å². The van der Waals surface area contributed by atoms with Gasteiger partial charge in [-0.15, -0.1) is 0 Å². The Balaban J connectivity index is 1.56. The van der Waals surface area contributed by atoms with Crippen LogP contribution in [-0.2, 0) is 11.2 Å². The molecule has 0 bridgehead atoms. The average molecular weight is 333 g/mol. The normalized spacial score (nSPS) is 20.0. The first-order chi connectivity index (χ1) is 11.4. The topological polar surface area (TPSA) is 75.4 Å². The van der Waals surface area contributed by atoms with Crippen LogP contribution < -0.4 is 5.32 Å². The molecule has 2 fully saturated rings. The third-order valence-electron chi connectivity index (χ3n) is 5.16. The highest BCUT2D eigenvalue weighted by molar-refractivity contribution is 5.92. The first kappa shape index (κ1) is 17.0. The first-order valence-corrected chi connectivity index (χ1v) is 8.96. The zero-order valence-electron chi connectivity index (χ0n) is 14.8. The highest BCUT2D eigenvalue weighted by Gasteiger charge is 2.31. The molecule has 2 aliphatic rings. The predicted molar refractivity (Wildman–Crippen MR) is 89.6 cm³/mol. The van der Waals surface area contributed by atoms with E-state index in [2.05, 4.69) is 10.3 Å². The standard InChI is InChI=1S/C18H27N3O3/c1-11(19-13(3)22)15-6-8-21(9-7-15)18(23)17-12(2)20-16(24-17)10-14-4-5-14/h11,14-15H,4-10H2,1-3H3,(H,19,22)/t11-/m1/s1. The van der Waals surface area contributed by atoms with Gasteiger partial charge in [0, 0.05) is 32.5 Å². The van der Waals surface area contributed by atoms with Gasteiger partial charge in [0.05, 0.1) is 5.69 Å². The molecule has 1 aliphatic heterocycles. The lowest BCUT2D eigenvalue weighted by Gasteiger charge is -2.34. The fourth-order valence-electron chi connectivity index (χ4n) is 3.49. The number of hydrogen-bond acceptors (Lipinski definition) is 4. The van der Waals surface area contributed by atoms with Crippen molar-refractivity contribution in [2.24, 2.45) is 11.8 Å². The van der Waals surface area contributed by atoms with Gasteiger partial charge in [0.25, 0.3) is 5.91 Å². The summed E-state index contributed by atoms with van der Waals surface area (Å²) < 4.78 is 5.75. The molecule has 0 unspecified atom stereocenters. The Morgan fingerprint density at radius 2 is 1.96 bits per heavy atom. The molecule has 1 atom stereocenters. The number of rotatable bonds is 5. The van der Waals surface area contributed by atoms with E-state index in [1.54, 1.807) is 6.92 Å². The van der Waals surface area contributed by atoms with E-state index in [1.807, 2.05) is 18.7 Å². The maximum absolute atomic E-state index is 12.7. The number of likely N-dealkylation sites (tertiary alicyclic amines) is 1. The van der Waals surface area contributed by atoms with Gasteiger partial charge in [-0.25, -0.2) is 4.98 Å². The summed E-state index contributed by atoms with van der Waals surface area (Å²) in [6.07, 6.45) is 5.13. The fourth-order valence-corrected chi connectivity index (χ4v) is 3.49. The van der Waals surface area contributed by atoms with Crippen LogP contribution in [0.5, 0.6) is 0 Å². The van der Waals surface area contributed by atoms with E-state index in [9.17, 15) is 9.59 Å². The Morgan fingerprint density at radius 3 is 2.54 bits per heavy atom. The summed E-state index contributed by atoms with van der Waals surface area (Å²) in [4.78, 5) is 30.2. The quantitative estimate of drug-likeness (QED) is 0.897. The first-order valence-electron chi connectivity index (χ1n) is 8.96.